The highest BCUT2D eigenvalue weighted by atomic mass is 19.1. The van der Waals surface area contributed by atoms with Crippen molar-refractivity contribution in [1.82, 2.24) is 5.32 Å². The first-order valence-corrected chi connectivity index (χ1v) is 4.97. The van der Waals surface area contributed by atoms with Gasteiger partial charge in [-0.3, -0.25) is 5.32 Å². The molecule has 1 aliphatic rings. The van der Waals surface area contributed by atoms with E-state index in [1.807, 2.05) is 0 Å². The van der Waals surface area contributed by atoms with E-state index in [1.54, 1.807) is 20.8 Å². The minimum atomic E-state index is -0.678. The maximum atomic E-state index is 13.3. The van der Waals surface area contributed by atoms with Crippen LogP contribution in [0.25, 0.3) is 0 Å². The number of alkyl carbamates (subject to hydrolysis) is 1. The summed E-state index contributed by atoms with van der Waals surface area (Å²) in [6.45, 7) is 5.62. The van der Waals surface area contributed by atoms with Crippen LogP contribution in [0.15, 0.2) is 23.8 Å². The Hall–Kier alpha value is -1.40. The van der Waals surface area contributed by atoms with Crippen LogP contribution in [0.3, 0.4) is 0 Å². The summed E-state index contributed by atoms with van der Waals surface area (Å²) in [5, 5.41) is 2.76. The molecule has 0 aromatic rings. The molecule has 90 valence electrons. The Kier molecular flexibility index (Phi) is 3.66. The minimum Gasteiger partial charge on any atom is -0.444 e. The summed E-state index contributed by atoms with van der Waals surface area (Å²) in [5.41, 5.74) is -0.506. The number of allylic oxidation sites excluding steroid dienone is 1. The number of carbonyl (C=O) groups is 1. The van der Waals surface area contributed by atoms with Crippen LogP contribution in [0.4, 0.5) is 9.18 Å². The summed E-state index contributed by atoms with van der Waals surface area (Å²) in [6, 6.07) is 0. The number of amides is 1. The number of hydrogen-bond acceptors (Lipinski definition) is 3. The van der Waals surface area contributed by atoms with Crippen LogP contribution in [0.5, 0.6) is 0 Å². The van der Waals surface area contributed by atoms with E-state index in [9.17, 15) is 9.18 Å². The van der Waals surface area contributed by atoms with Crippen LogP contribution < -0.4 is 16.2 Å². The standard InChI is InChI=1S/C10H16FN3O2/c1-10(2,3)16-9(15)13-8-4-5-14(12)6-7(8)11/h4,6H,5,12H2,1-3H3,(H,13,15)/p+1. The molecule has 0 bridgehead atoms. The van der Waals surface area contributed by atoms with Gasteiger partial charge in [0.05, 0.1) is 5.70 Å². The lowest BCUT2D eigenvalue weighted by molar-refractivity contribution is -0.855. The number of ether oxygens (including phenoxy) is 1. The van der Waals surface area contributed by atoms with Crippen molar-refractivity contribution in [3.63, 3.8) is 0 Å². The number of halogens is 1. The second-order valence-electron chi connectivity index (χ2n) is 4.52. The van der Waals surface area contributed by atoms with Gasteiger partial charge in [-0.2, -0.15) is 10.2 Å². The lowest BCUT2D eigenvalue weighted by atomic mass is 10.2. The molecule has 0 fully saturated rings. The SMILES string of the molecule is CC(C)(C)OC(=O)NC1=CC[NH+](N)C=C1F. The second-order valence-corrected chi connectivity index (χ2v) is 4.52. The molecule has 5 nitrogen and oxygen atoms in total. The first-order chi connectivity index (χ1) is 7.28. The Bertz CT molecular complexity index is 344. The number of rotatable bonds is 1. The van der Waals surface area contributed by atoms with Crippen LogP contribution in [0.1, 0.15) is 20.8 Å². The summed E-state index contributed by atoms with van der Waals surface area (Å²) >= 11 is 0. The lowest BCUT2D eigenvalue weighted by Crippen LogP contribution is -3.13. The molecule has 0 aromatic heterocycles. The van der Waals surface area contributed by atoms with E-state index in [4.69, 9.17) is 10.6 Å². The molecule has 0 radical (unpaired) electrons. The fraction of sp³-hybridized carbons (Fsp3) is 0.500. The molecule has 0 aromatic carbocycles. The number of carbonyl (C=O) groups excluding carboxylic acids is 1. The van der Waals surface area contributed by atoms with E-state index in [2.05, 4.69) is 5.32 Å². The van der Waals surface area contributed by atoms with Crippen molar-refractivity contribution in [1.29, 1.82) is 0 Å². The predicted molar refractivity (Wildman–Crippen MR) is 56.7 cm³/mol. The van der Waals surface area contributed by atoms with Crippen molar-refractivity contribution in [2.75, 3.05) is 6.54 Å². The number of nitrogens with one attached hydrogen (secondary N) is 2. The Labute approximate surface area is 93.7 Å². The molecule has 6 heteroatoms. The van der Waals surface area contributed by atoms with Gasteiger partial charge in [-0.05, 0) is 26.8 Å². The van der Waals surface area contributed by atoms with Crippen molar-refractivity contribution < 1.29 is 18.9 Å². The van der Waals surface area contributed by atoms with E-state index >= 15 is 0 Å². The highest BCUT2D eigenvalue weighted by molar-refractivity contribution is 5.71. The quantitative estimate of drug-likeness (QED) is 0.554. The molecule has 1 heterocycles. The molecule has 0 saturated heterocycles. The van der Waals surface area contributed by atoms with Crippen LogP contribution in [0.2, 0.25) is 0 Å². The van der Waals surface area contributed by atoms with Crippen LogP contribution in [-0.2, 0) is 4.74 Å². The summed E-state index contributed by atoms with van der Waals surface area (Å²) < 4.78 is 18.3. The fourth-order valence-electron chi connectivity index (χ4n) is 1.14. The van der Waals surface area contributed by atoms with Crippen molar-refractivity contribution in [3.8, 4) is 0 Å². The first kappa shape index (κ1) is 12.7. The van der Waals surface area contributed by atoms with E-state index in [-0.39, 0.29) is 5.70 Å². The molecule has 1 amide bonds. The van der Waals surface area contributed by atoms with Gasteiger partial charge in [0.15, 0.2) is 6.20 Å². The Morgan fingerprint density at radius 2 is 2.25 bits per heavy atom. The second kappa shape index (κ2) is 4.63. The molecular formula is C10H17FN3O2+. The van der Waals surface area contributed by atoms with Crippen LogP contribution >= 0.6 is 0 Å². The first-order valence-electron chi connectivity index (χ1n) is 4.97. The average Bonchev–Trinajstić information content (AvgIpc) is 2.06. The average molecular weight is 230 g/mol. The molecule has 0 aliphatic carbocycles. The molecule has 4 N–H and O–H groups in total. The smallest absolute Gasteiger partial charge is 0.412 e. The minimum absolute atomic E-state index is 0.100. The molecule has 0 saturated carbocycles. The molecule has 1 atom stereocenters. The zero-order chi connectivity index (χ0) is 12.3. The van der Waals surface area contributed by atoms with Crippen molar-refractivity contribution in [2.24, 2.45) is 5.84 Å². The van der Waals surface area contributed by atoms with E-state index < -0.39 is 17.5 Å². The third kappa shape index (κ3) is 4.00. The molecular weight excluding hydrogens is 213 g/mol. The summed E-state index contributed by atoms with van der Waals surface area (Å²) in [4.78, 5) is 11.3. The number of nitrogens with two attached hydrogens (primary N) is 1. The van der Waals surface area contributed by atoms with Gasteiger partial charge < -0.3 is 4.74 Å². The molecule has 1 rings (SSSR count). The Morgan fingerprint density at radius 3 is 2.75 bits per heavy atom. The van der Waals surface area contributed by atoms with E-state index in [0.29, 0.717) is 11.6 Å². The van der Waals surface area contributed by atoms with Gasteiger partial charge in [0.2, 0.25) is 5.83 Å². The lowest BCUT2D eigenvalue weighted by Gasteiger charge is -2.21. The zero-order valence-corrected chi connectivity index (χ0v) is 9.63. The maximum Gasteiger partial charge on any atom is 0.412 e. The summed E-state index contributed by atoms with van der Waals surface area (Å²) in [5.74, 6) is 4.87. The highest BCUT2D eigenvalue weighted by Crippen LogP contribution is 2.11. The number of quaternary nitrogens is 1. The van der Waals surface area contributed by atoms with Crippen LogP contribution in [0, 0.1) is 0 Å². The summed E-state index contributed by atoms with van der Waals surface area (Å²) in [6.07, 6.45) is 2.02. The van der Waals surface area contributed by atoms with Gasteiger partial charge in [0, 0.05) is 0 Å². The third-order valence-corrected chi connectivity index (χ3v) is 1.75. The largest absolute Gasteiger partial charge is 0.444 e. The van der Waals surface area contributed by atoms with Gasteiger partial charge in [-0.15, -0.1) is 0 Å². The topological polar surface area (TPSA) is 68.8 Å². The predicted octanol–water partition coefficient (Wildman–Crippen LogP) is -0.0219. The third-order valence-electron chi connectivity index (χ3n) is 1.75. The van der Waals surface area contributed by atoms with Gasteiger partial charge in [-0.25, -0.2) is 9.80 Å². The van der Waals surface area contributed by atoms with Gasteiger partial charge in [-0.1, -0.05) is 0 Å². The van der Waals surface area contributed by atoms with Gasteiger partial charge in [0.1, 0.15) is 12.1 Å². The summed E-state index contributed by atoms with van der Waals surface area (Å²) in [7, 11) is 0. The monoisotopic (exact) mass is 230 g/mol. The Morgan fingerprint density at radius 1 is 1.62 bits per heavy atom. The zero-order valence-electron chi connectivity index (χ0n) is 9.63. The van der Waals surface area contributed by atoms with Crippen molar-refractivity contribution in [3.05, 3.63) is 23.8 Å². The van der Waals surface area contributed by atoms with Crippen molar-refractivity contribution >= 4 is 6.09 Å². The van der Waals surface area contributed by atoms with Gasteiger partial charge >= 0.3 is 6.09 Å². The van der Waals surface area contributed by atoms with Crippen LogP contribution in [-0.4, -0.2) is 18.2 Å². The molecule has 16 heavy (non-hydrogen) atoms. The van der Waals surface area contributed by atoms with E-state index in [1.165, 1.54) is 12.3 Å². The van der Waals surface area contributed by atoms with Crippen molar-refractivity contribution in [2.45, 2.75) is 26.4 Å². The highest BCUT2D eigenvalue weighted by Gasteiger charge is 2.21. The normalized spacial score (nSPS) is 20.9. The molecule has 1 unspecified atom stereocenters. The Balaban J connectivity index is 2.56. The molecule has 1 aliphatic heterocycles. The maximum absolute atomic E-state index is 13.3. The fourth-order valence-corrected chi connectivity index (χ4v) is 1.14. The van der Waals surface area contributed by atoms with Gasteiger partial charge in [0.25, 0.3) is 0 Å². The molecule has 0 spiro atoms. The number of hydrogen-bond donors (Lipinski definition) is 3. The van der Waals surface area contributed by atoms with E-state index in [0.717, 1.165) is 0 Å².